The Labute approximate surface area is 131 Å². The van der Waals surface area contributed by atoms with Gasteiger partial charge in [0.25, 0.3) is 0 Å². The highest BCUT2D eigenvalue weighted by molar-refractivity contribution is 8.00. The van der Waals surface area contributed by atoms with E-state index < -0.39 is 0 Å². The van der Waals surface area contributed by atoms with Crippen molar-refractivity contribution in [2.75, 3.05) is 12.4 Å². The predicted molar refractivity (Wildman–Crippen MR) is 88.0 cm³/mol. The molecule has 0 aliphatic carbocycles. The number of hydrogen-bond acceptors (Lipinski definition) is 5. The van der Waals surface area contributed by atoms with Crippen LogP contribution in [0.1, 0.15) is 27.7 Å². The molecule has 0 amide bonds. The van der Waals surface area contributed by atoms with Crippen molar-refractivity contribution in [1.82, 2.24) is 10.2 Å². The van der Waals surface area contributed by atoms with Crippen molar-refractivity contribution in [3.8, 4) is 0 Å². The fraction of sp³-hybridized carbons (Fsp3) is 0.667. The predicted octanol–water partition coefficient (Wildman–Crippen LogP) is 2.52. The SMILES string of the molecule is C=C1NC(=NC(C)C)C=CN1[C@H]1CS[C@@H](COC(C)C)O1. The van der Waals surface area contributed by atoms with Crippen molar-refractivity contribution >= 4 is 17.6 Å². The van der Waals surface area contributed by atoms with E-state index in [-0.39, 0.29) is 23.8 Å². The summed E-state index contributed by atoms with van der Waals surface area (Å²) in [5, 5.41) is 3.21. The summed E-state index contributed by atoms with van der Waals surface area (Å²) in [6.07, 6.45) is 4.17. The van der Waals surface area contributed by atoms with Crippen LogP contribution in [0.5, 0.6) is 0 Å². The van der Waals surface area contributed by atoms with Crippen LogP contribution in [0.15, 0.2) is 29.7 Å². The Hall–Kier alpha value is -0.980. The second kappa shape index (κ2) is 7.33. The molecule has 0 aromatic rings. The molecular formula is C15H25N3O2S. The van der Waals surface area contributed by atoms with Crippen LogP contribution in [-0.2, 0) is 9.47 Å². The minimum Gasteiger partial charge on any atom is -0.375 e. The summed E-state index contributed by atoms with van der Waals surface area (Å²) in [5.74, 6) is 2.54. The minimum absolute atomic E-state index is 0.00684. The topological polar surface area (TPSA) is 46.1 Å². The Morgan fingerprint density at radius 2 is 2.29 bits per heavy atom. The Morgan fingerprint density at radius 1 is 1.52 bits per heavy atom. The summed E-state index contributed by atoms with van der Waals surface area (Å²) >= 11 is 1.78. The van der Waals surface area contributed by atoms with Crippen molar-refractivity contribution in [3.63, 3.8) is 0 Å². The van der Waals surface area contributed by atoms with Crippen molar-refractivity contribution in [2.45, 2.75) is 51.5 Å². The van der Waals surface area contributed by atoms with Crippen molar-refractivity contribution < 1.29 is 9.47 Å². The third kappa shape index (κ3) is 4.76. The first-order valence-corrected chi connectivity index (χ1v) is 8.39. The fourth-order valence-electron chi connectivity index (χ4n) is 2.07. The zero-order valence-electron chi connectivity index (χ0n) is 13.2. The zero-order chi connectivity index (χ0) is 15.4. The molecule has 118 valence electrons. The molecule has 1 saturated heterocycles. The molecule has 0 saturated carbocycles. The van der Waals surface area contributed by atoms with E-state index in [9.17, 15) is 0 Å². The van der Waals surface area contributed by atoms with Crippen LogP contribution in [0.25, 0.3) is 0 Å². The van der Waals surface area contributed by atoms with E-state index in [0.29, 0.717) is 6.61 Å². The van der Waals surface area contributed by atoms with Crippen LogP contribution in [0.3, 0.4) is 0 Å². The van der Waals surface area contributed by atoms with Crippen LogP contribution in [0.4, 0.5) is 0 Å². The zero-order valence-corrected chi connectivity index (χ0v) is 14.0. The summed E-state index contributed by atoms with van der Waals surface area (Å²) in [5.41, 5.74) is 0.0873. The average Bonchev–Trinajstić information content (AvgIpc) is 2.84. The Kier molecular flexibility index (Phi) is 5.72. The molecule has 0 spiro atoms. The van der Waals surface area contributed by atoms with Crippen LogP contribution in [0.2, 0.25) is 0 Å². The number of nitrogens with zero attached hydrogens (tertiary/aromatic N) is 2. The minimum atomic E-state index is -0.00684. The van der Waals surface area contributed by atoms with Crippen molar-refractivity contribution in [1.29, 1.82) is 0 Å². The lowest BCUT2D eigenvalue weighted by Crippen LogP contribution is -2.42. The van der Waals surface area contributed by atoms with Crippen LogP contribution >= 0.6 is 11.8 Å². The number of thioether (sulfide) groups is 1. The number of hydrogen-bond donors (Lipinski definition) is 1. The van der Waals surface area contributed by atoms with Gasteiger partial charge < -0.3 is 19.7 Å². The molecule has 0 radical (unpaired) electrons. The van der Waals surface area contributed by atoms with Crippen LogP contribution in [-0.4, -0.2) is 46.9 Å². The molecule has 0 aromatic carbocycles. The molecular weight excluding hydrogens is 286 g/mol. The van der Waals surface area contributed by atoms with E-state index in [1.165, 1.54) is 0 Å². The number of amidine groups is 1. The van der Waals surface area contributed by atoms with E-state index in [4.69, 9.17) is 9.47 Å². The summed E-state index contributed by atoms with van der Waals surface area (Å²) in [7, 11) is 0. The van der Waals surface area contributed by atoms with Gasteiger partial charge in [0, 0.05) is 18.0 Å². The lowest BCUT2D eigenvalue weighted by atomic mass is 10.3. The van der Waals surface area contributed by atoms with Gasteiger partial charge in [-0.05, 0) is 33.8 Å². The smallest absolute Gasteiger partial charge is 0.145 e. The van der Waals surface area contributed by atoms with Gasteiger partial charge >= 0.3 is 0 Å². The van der Waals surface area contributed by atoms with Gasteiger partial charge in [0.1, 0.15) is 23.3 Å². The third-order valence-corrected chi connectivity index (χ3v) is 4.08. The first-order chi connectivity index (χ1) is 9.95. The van der Waals surface area contributed by atoms with Gasteiger partial charge in [0.2, 0.25) is 0 Å². The normalized spacial score (nSPS) is 28.0. The number of aliphatic imine (C=N–C) groups is 1. The standard InChI is InChI=1S/C15H25N3O2S/c1-10(2)16-13-6-7-18(12(5)17-13)14-9-21-15(20-14)8-19-11(3)4/h6-7,10-11,14-15H,5,8-9H2,1-4H3,(H,16,17)/t14-,15+/m1/s1. The maximum Gasteiger partial charge on any atom is 0.145 e. The molecule has 2 heterocycles. The van der Waals surface area contributed by atoms with Gasteiger partial charge in [-0.1, -0.05) is 6.58 Å². The molecule has 2 rings (SSSR count). The van der Waals surface area contributed by atoms with E-state index in [0.717, 1.165) is 17.4 Å². The molecule has 0 unspecified atom stereocenters. The highest BCUT2D eigenvalue weighted by Gasteiger charge is 2.32. The van der Waals surface area contributed by atoms with E-state index in [1.807, 2.05) is 44.9 Å². The summed E-state index contributed by atoms with van der Waals surface area (Å²) in [6.45, 7) is 12.8. The van der Waals surface area contributed by atoms with Gasteiger partial charge in [-0.2, -0.15) is 0 Å². The van der Waals surface area contributed by atoms with Crippen LogP contribution in [0, 0.1) is 0 Å². The molecule has 0 bridgehead atoms. The Bertz CT molecular complexity index is 435. The molecule has 2 atom stereocenters. The summed E-state index contributed by atoms with van der Waals surface area (Å²) in [6, 6.07) is 0.257. The summed E-state index contributed by atoms with van der Waals surface area (Å²) < 4.78 is 11.6. The van der Waals surface area contributed by atoms with E-state index in [1.54, 1.807) is 11.8 Å². The first-order valence-electron chi connectivity index (χ1n) is 7.34. The fourth-order valence-corrected chi connectivity index (χ4v) is 3.07. The molecule has 21 heavy (non-hydrogen) atoms. The molecule has 5 nitrogen and oxygen atoms in total. The Balaban J connectivity index is 1.90. The van der Waals surface area contributed by atoms with E-state index in [2.05, 4.69) is 16.9 Å². The monoisotopic (exact) mass is 311 g/mol. The van der Waals surface area contributed by atoms with Crippen LogP contribution < -0.4 is 5.32 Å². The van der Waals surface area contributed by atoms with Crippen molar-refractivity contribution in [3.05, 3.63) is 24.7 Å². The number of rotatable bonds is 5. The van der Waals surface area contributed by atoms with Gasteiger partial charge in [0.15, 0.2) is 0 Å². The third-order valence-electron chi connectivity index (χ3n) is 2.98. The number of ether oxygens (including phenoxy) is 2. The lowest BCUT2D eigenvalue weighted by molar-refractivity contribution is -0.0498. The second-order valence-electron chi connectivity index (χ2n) is 5.64. The molecule has 2 aliphatic heterocycles. The highest BCUT2D eigenvalue weighted by Crippen LogP contribution is 2.29. The molecule has 6 heteroatoms. The van der Waals surface area contributed by atoms with E-state index >= 15 is 0 Å². The second-order valence-corrected chi connectivity index (χ2v) is 6.83. The van der Waals surface area contributed by atoms with Crippen molar-refractivity contribution in [2.24, 2.45) is 4.99 Å². The van der Waals surface area contributed by atoms with Gasteiger partial charge in [-0.3, -0.25) is 4.99 Å². The maximum absolute atomic E-state index is 6.01. The molecule has 1 fully saturated rings. The Morgan fingerprint density at radius 3 is 2.90 bits per heavy atom. The lowest BCUT2D eigenvalue weighted by Gasteiger charge is -2.32. The largest absolute Gasteiger partial charge is 0.375 e. The quantitative estimate of drug-likeness (QED) is 0.845. The molecule has 2 aliphatic rings. The molecule has 0 aromatic heterocycles. The summed E-state index contributed by atoms with van der Waals surface area (Å²) in [4.78, 5) is 6.49. The highest BCUT2D eigenvalue weighted by atomic mass is 32.2. The maximum atomic E-state index is 6.01. The first kappa shape index (κ1) is 16.4. The van der Waals surface area contributed by atoms with Gasteiger partial charge in [0.05, 0.1) is 12.7 Å². The van der Waals surface area contributed by atoms with Gasteiger partial charge in [-0.25, -0.2) is 0 Å². The average molecular weight is 311 g/mol. The number of nitrogens with one attached hydrogen (secondary N) is 1. The van der Waals surface area contributed by atoms with Gasteiger partial charge in [-0.15, -0.1) is 11.8 Å². The molecule has 1 N–H and O–H groups in total.